The van der Waals surface area contributed by atoms with E-state index >= 15 is 0 Å². The van der Waals surface area contributed by atoms with Gasteiger partial charge in [-0.2, -0.15) is 0 Å². The fraction of sp³-hybridized carbons (Fsp3) is 1.00. The third kappa shape index (κ3) is 4.94. The van der Waals surface area contributed by atoms with Crippen LogP contribution in [0.25, 0.3) is 0 Å². The highest BCUT2D eigenvalue weighted by Gasteiger charge is 2.12. The summed E-state index contributed by atoms with van der Waals surface area (Å²) >= 11 is 0. The van der Waals surface area contributed by atoms with Crippen LogP contribution in [0, 0.1) is 0 Å². The lowest BCUT2D eigenvalue weighted by Crippen LogP contribution is -2.36. The molecule has 0 bridgehead atoms. The van der Waals surface area contributed by atoms with Crippen LogP contribution < -0.4 is 5.73 Å². The van der Waals surface area contributed by atoms with Crippen LogP contribution in [0.3, 0.4) is 0 Å². The van der Waals surface area contributed by atoms with Crippen molar-refractivity contribution in [2.24, 2.45) is 5.73 Å². The molecule has 2 atom stereocenters. The molecule has 0 aliphatic heterocycles. The summed E-state index contributed by atoms with van der Waals surface area (Å²) in [6.07, 6.45) is 2.45. The Morgan fingerprint density at radius 3 is 2.36 bits per heavy atom. The molecule has 0 fully saturated rings. The standard InChI is InChI=1S/C11H26N2O/c1-5-10(3)13(6-2)8-7-11(9-12)14-4/h10-11H,5-9,12H2,1-4H3. The van der Waals surface area contributed by atoms with Gasteiger partial charge in [0.15, 0.2) is 0 Å². The van der Waals surface area contributed by atoms with Gasteiger partial charge in [0, 0.05) is 26.2 Å². The van der Waals surface area contributed by atoms with Crippen molar-refractivity contribution >= 4 is 0 Å². The summed E-state index contributed by atoms with van der Waals surface area (Å²) in [4.78, 5) is 2.47. The molecule has 3 heteroatoms. The van der Waals surface area contributed by atoms with Crippen LogP contribution in [-0.2, 0) is 4.74 Å². The van der Waals surface area contributed by atoms with Crippen LogP contribution in [0.15, 0.2) is 0 Å². The molecule has 86 valence electrons. The van der Waals surface area contributed by atoms with Gasteiger partial charge in [0.2, 0.25) is 0 Å². The number of rotatable bonds is 8. The molecule has 0 saturated heterocycles. The van der Waals surface area contributed by atoms with Crippen molar-refractivity contribution in [3.63, 3.8) is 0 Å². The maximum Gasteiger partial charge on any atom is 0.0705 e. The number of methoxy groups -OCH3 is 1. The number of nitrogens with two attached hydrogens (primary N) is 1. The lowest BCUT2D eigenvalue weighted by atomic mass is 10.2. The predicted molar refractivity (Wildman–Crippen MR) is 61.5 cm³/mol. The third-order valence-electron chi connectivity index (χ3n) is 2.95. The highest BCUT2D eigenvalue weighted by atomic mass is 16.5. The minimum atomic E-state index is 0.216. The fourth-order valence-electron chi connectivity index (χ4n) is 1.59. The minimum absolute atomic E-state index is 0.216. The summed E-state index contributed by atoms with van der Waals surface area (Å²) in [5.74, 6) is 0. The van der Waals surface area contributed by atoms with Gasteiger partial charge < -0.3 is 15.4 Å². The minimum Gasteiger partial charge on any atom is -0.380 e. The van der Waals surface area contributed by atoms with Gasteiger partial charge in [0.25, 0.3) is 0 Å². The first-order valence-corrected chi connectivity index (χ1v) is 5.66. The van der Waals surface area contributed by atoms with E-state index in [-0.39, 0.29) is 6.10 Å². The molecule has 0 aromatic heterocycles. The molecule has 0 aromatic rings. The lowest BCUT2D eigenvalue weighted by molar-refractivity contribution is 0.0837. The molecule has 2 N–H and O–H groups in total. The van der Waals surface area contributed by atoms with E-state index in [4.69, 9.17) is 10.5 Å². The first-order chi connectivity index (χ1) is 6.69. The van der Waals surface area contributed by atoms with E-state index in [2.05, 4.69) is 25.7 Å². The van der Waals surface area contributed by atoms with Crippen LogP contribution in [0.1, 0.15) is 33.6 Å². The normalized spacial score (nSPS) is 15.9. The quantitative estimate of drug-likeness (QED) is 0.648. The third-order valence-corrected chi connectivity index (χ3v) is 2.95. The molecule has 2 unspecified atom stereocenters. The molecule has 0 spiro atoms. The highest BCUT2D eigenvalue weighted by molar-refractivity contribution is 4.67. The van der Waals surface area contributed by atoms with Gasteiger partial charge >= 0.3 is 0 Å². The SMILES string of the molecule is CCC(C)N(CC)CCC(CN)OC. The van der Waals surface area contributed by atoms with Crippen molar-refractivity contribution in [2.45, 2.75) is 45.8 Å². The van der Waals surface area contributed by atoms with E-state index in [1.807, 2.05) is 0 Å². The van der Waals surface area contributed by atoms with Crippen LogP contribution in [0.4, 0.5) is 0 Å². The van der Waals surface area contributed by atoms with Crippen molar-refractivity contribution in [1.29, 1.82) is 0 Å². The summed E-state index contributed by atoms with van der Waals surface area (Å²) in [5.41, 5.74) is 5.58. The van der Waals surface area contributed by atoms with Crippen LogP contribution in [0.5, 0.6) is 0 Å². The van der Waals surface area contributed by atoms with Gasteiger partial charge in [0.1, 0.15) is 0 Å². The number of hydrogen-bond donors (Lipinski definition) is 1. The molecule has 0 aliphatic carbocycles. The van der Waals surface area contributed by atoms with Crippen molar-refractivity contribution in [3.05, 3.63) is 0 Å². The van der Waals surface area contributed by atoms with Gasteiger partial charge in [0.05, 0.1) is 6.10 Å². The Labute approximate surface area is 88.6 Å². The molecular formula is C11H26N2O. The Kier molecular flexibility index (Phi) is 8.14. The highest BCUT2D eigenvalue weighted by Crippen LogP contribution is 2.06. The van der Waals surface area contributed by atoms with Gasteiger partial charge in [-0.15, -0.1) is 0 Å². The van der Waals surface area contributed by atoms with E-state index in [1.165, 1.54) is 6.42 Å². The smallest absolute Gasteiger partial charge is 0.0705 e. The van der Waals surface area contributed by atoms with Crippen LogP contribution >= 0.6 is 0 Å². The Hall–Kier alpha value is -0.120. The zero-order chi connectivity index (χ0) is 11.0. The molecule has 0 aromatic carbocycles. The van der Waals surface area contributed by atoms with E-state index in [1.54, 1.807) is 7.11 Å². The fourth-order valence-corrected chi connectivity index (χ4v) is 1.59. The summed E-state index contributed by atoms with van der Waals surface area (Å²) in [6, 6.07) is 0.662. The average molecular weight is 202 g/mol. The first kappa shape index (κ1) is 13.9. The Morgan fingerprint density at radius 2 is 2.00 bits per heavy atom. The summed E-state index contributed by atoms with van der Waals surface area (Å²) in [5, 5.41) is 0. The average Bonchev–Trinajstić information content (AvgIpc) is 2.24. The molecule has 0 radical (unpaired) electrons. The van der Waals surface area contributed by atoms with Crippen LogP contribution in [0.2, 0.25) is 0 Å². The molecule has 0 aliphatic rings. The Morgan fingerprint density at radius 1 is 1.36 bits per heavy atom. The van der Waals surface area contributed by atoms with E-state index < -0.39 is 0 Å². The molecule has 0 rings (SSSR count). The summed E-state index contributed by atoms with van der Waals surface area (Å²) in [6.45, 7) is 9.51. The second-order valence-electron chi connectivity index (χ2n) is 3.77. The summed E-state index contributed by atoms with van der Waals surface area (Å²) in [7, 11) is 1.73. The monoisotopic (exact) mass is 202 g/mol. The topological polar surface area (TPSA) is 38.5 Å². The molecule has 3 nitrogen and oxygen atoms in total. The Bertz CT molecular complexity index is 126. The van der Waals surface area contributed by atoms with Crippen molar-refractivity contribution in [3.8, 4) is 0 Å². The van der Waals surface area contributed by atoms with E-state index in [0.717, 1.165) is 19.5 Å². The molecule has 0 heterocycles. The van der Waals surface area contributed by atoms with E-state index in [0.29, 0.717) is 12.6 Å². The first-order valence-electron chi connectivity index (χ1n) is 5.66. The molecule has 14 heavy (non-hydrogen) atoms. The van der Waals surface area contributed by atoms with E-state index in [9.17, 15) is 0 Å². The lowest BCUT2D eigenvalue weighted by Gasteiger charge is -2.28. The number of hydrogen-bond acceptors (Lipinski definition) is 3. The predicted octanol–water partition coefficient (Wildman–Crippen LogP) is 1.47. The van der Waals surface area contributed by atoms with Crippen molar-refractivity contribution in [2.75, 3.05) is 26.7 Å². The van der Waals surface area contributed by atoms with Crippen molar-refractivity contribution < 1.29 is 4.74 Å². The number of ether oxygens (including phenoxy) is 1. The Balaban J connectivity index is 3.81. The second-order valence-corrected chi connectivity index (χ2v) is 3.77. The largest absolute Gasteiger partial charge is 0.380 e. The number of nitrogens with zero attached hydrogens (tertiary/aromatic N) is 1. The van der Waals surface area contributed by atoms with Gasteiger partial charge in [-0.05, 0) is 26.3 Å². The van der Waals surface area contributed by atoms with Gasteiger partial charge in [-0.1, -0.05) is 13.8 Å². The second kappa shape index (κ2) is 8.21. The van der Waals surface area contributed by atoms with Crippen molar-refractivity contribution in [1.82, 2.24) is 4.90 Å². The zero-order valence-corrected chi connectivity index (χ0v) is 10.1. The molecule has 0 amide bonds. The maximum atomic E-state index is 5.58. The van der Waals surface area contributed by atoms with Gasteiger partial charge in [-0.3, -0.25) is 0 Å². The molecule has 0 saturated carbocycles. The molecular weight excluding hydrogens is 176 g/mol. The van der Waals surface area contributed by atoms with Gasteiger partial charge in [-0.25, -0.2) is 0 Å². The maximum absolute atomic E-state index is 5.58. The van der Waals surface area contributed by atoms with Crippen LogP contribution in [-0.4, -0.2) is 43.8 Å². The summed E-state index contributed by atoms with van der Waals surface area (Å²) < 4.78 is 5.26. The zero-order valence-electron chi connectivity index (χ0n) is 10.1.